The summed E-state index contributed by atoms with van der Waals surface area (Å²) < 4.78 is 0. The van der Waals surface area contributed by atoms with Crippen LogP contribution < -0.4 is 0 Å². The Morgan fingerprint density at radius 2 is 1.87 bits per heavy atom. The van der Waals surface area contributed by atoms with Gasteiger partial charge < -0.3 is 5.11 Å². The molecule has 3 atom stereocenters. The monoisotopic (exact) mass is 210 g/mol. The van der Waals surface area contributed by atoms with Crippen LogP contribution >= 0.6 is 0 Å². The van der Waals surface area contributed by atoms with Gasteiger partial charge in [-0.25, -0.2) is 0 Å². The minimum Gasteiger partial charge on any atom is -0.389 e. The van der Waals surface area contributed by atoms with Gasteiger partial charge in [0.05, 0.1) is 6.10 Å². The summed E-state index contributed by atoms with van der Waals surface area (Å²) in [7, 11) is 0. The first-order valence-corrected chi connectivity index (χ1v) is 6.04. The largest absolute Gasteiger partial charge is 0.389 e. The van der Waals surface area contributed by atoms with E-state index in [1.807, 2.05) is 6.08 Å². The molecule has 0 fully saturated rings. The fraction of sp³-hybridized carbons (Fsp3) is 0.857. The van der Waals surface area contributed by atoms with Crippen molar-refractivity contribution in [2.45, 2.75) is 54.1 Å². The lowest BCUT2D eigenvalue weighted by Crippen LogP contribution is -2.38. The molecule has 0 amide bonds. The molecule has 0 aliphatic heterocycles. The summed E-state index contributed by atoms with van der Waals surface area (Å²) in [6, 6.07) is 0. The lowest BCUT2D eigenvalue weighted by atomic mass is 9.60. The quantitative estimate of drug-likeness (QED) is 0.690. The Morgan fingerprint density at radius 3 is 2.13 bits per heavy atom. The van der Waals surface area contributed by atoms with Crippen molar-refractivity contribution in [1.82, 2.24) is 0 Å². The Hall–Kier alpha value is -0.300. The molecule has 0 saturated carbocycles. The van der Waals surface area contributed by atoms with Crippen LogP contribution in [0.15, 0.2) is 12.2 Å². The predicted molar refractivity (Wildman–Crippen MR) is 65.7 cm³/mol. The van der Waals surface area contributed by atoms with E-state index in [-0.39, 0.29) is 16.9 Å². The van der Waals surface area contributed by atoms with Gasteiger partial charge in [-0.3, -0.25) is 0 Å². The summed E-state index contributed by atoms with van der Waals surface area (Å²) in [4.78, 5) is 0. The standard InChI is InChI=1S/C14H26O/c1-10(2)12(13(3,4)5)14(6)8-7-11(15)9-14/h7-8,10-12,15H,9H2,1-6H3. The fourth-order valence-corrected chi connectivity index (χ4v) is 3.90. The van der Waals surface area contributed by atoms with E-state index in [0.717, 1.165) is 6.42 Å². The van der Waals surface area contributed by atoms with Gasteiger partial charge in [-0.15, -0.1) is 0 Å². The molecule has 0 heterocycles. The molecule has 0 radical (unpaired) electrons. The molecule has 0 aromatic rings. The average molecular weight is 210 g/mol. The van der Waals surface area contributed by atoms with Crippen LogP contribution in [0.1, 0.15) is 48.0 Å². The van der Waals surface area contributed by atoms with Gasteiger partial charge in [0, 0.05) is 0 Å². The van der Waals surface area contributed by atoms with Crippen LogP contribution in [-0.4, -0.2) is 11.2 Å². The Morgan fingerprint density at radius 1 is 1.33 bits per heavy atom. The second-order valence-corrected chi connectivity index (χ2v) is 6.72. The Labute approximate surface area is 94.6 Å². The molecule has 0 bridgehead atoms. The van der Waals surface area contributed by atoms with Crippen LogP contribution in [0.2, 0.25) is 0 Å². The van der Waals surface area contributed by atoms with E-state index in [4.69, 9.17) is 0 Å². The molecule has 0 aromatic carbocycles. The van der Waals surface area contributed by atoms with Gasteiger partial charge in [-0.05, 0) is 29.1 Å². The second-order valence-electron chi connectivity index (χ2n) is 6.72. The van der Waals surface area contributed by atoms with Crippen LogP contribution in [-0.2, 0) is 0 Å². The van der Waals surface area contributed by atoms with Crippen molar-refractivity contribution < 1.29 is 5.11 Å². The first-order valence-electron chi connectivity index (χ1n) is 6.04. The minimum absolute atomic E-state index is 0.159. The SMILES string of the molecule is CC(C)C(C(C)(C)C)C1(C)C=CC(O)C1. The molecule has 3 unspecified atom stereocenters. The Balaban J connectivity index is 2.96. The van der Waals surface area contributed by atoms with Crippen molar-refractivity contribution in [2.24, 2.45) is 22.7 Å². The fourth-order valence-electron chi connectivity index (χ4n) is 3.90. The number of aliphatic hydroxyl groups is 1. The number of hydrogen-bond acceptors (Lipinski definition) is 1. The van der Waals surface area contributed by atoms with E-state index < -0.39 is 0 Å². The third-order valence-corrected chi connectivity index (χ3v) is 3.66. The zero-order chi connectivity index (χ0) is 11.9. The topological polar surface area (TPSA) is 20.2 Å². The molecule has 1 aliphatic carbocycles. The maximum absolute atomic E-state index is 9.67. The van der Waals surface area contributed by atoms with Gasteiger partial charge in [-0.1, -0.05) is 53.7 Å². The highest BCUT2D eigenvalue weighted by molar-refractivity contribution is 5.13. The molecule has 1 heteroatoms. The van der Waals surface area contributed by atoms with Gasteiger partial charge in [0.15, 0.2) is 0 Å². The lowest BCUT2D eigenvalue weighted by Gasteiger charge is -2.45. The van der Waals surface area contributed by atoms with Crippen LogP contribution in [0.4, 0.5) is 0 Å². The van der Waals surface area contributed by atoms with Crippen molar-refractivity contribution in [3.8, 4) is 0 Å². The summed E-state index contributed by atoms with van der Waals surface area (Å²) in [5.41, 5.74) is 0.448. The van der Waals surface area contributed by atoms with E-state index in [1.54, 1.807) is 0 Å². The third-order valence-electron chi connectivity index (χ3n) is 3.66. The highest BCUT2D eigenvalue weighted by Gasteiger charge is 2.44. The van der Waals surface area contributed by atoms with Crippen molar-refractivity contribution >= 4 is 0 Å². The van der Waals surface area contributed by atoms with Crippen molar-refractivity contribution in [2.75, 3.05) is 0 Å². The smallest absolute Gasteiger partial charge is 0.0729 e. The molecule has 0 spiro atoms. The highest BCUT2D eigenvalue weighted by Crippen LogP contribution is 2.50. The first-order chi connectivity index (χ1) is 6.67. The van der Waals surface area contributed by atoms with E-state index in [2.05, 4.69) is 47.6 Å². The summed E-state index contributed by atoms with van der Waals surface area (Å²) >= 11 is 0. The van der Waals surface area contributed by atoms with Crippen LogP contribution in [0.3, 0.4) is 0 Å². The van der Waals surface area contributed by atoms with E-state index in [9.17, 15) is 5.11 Å². The normalized spacial score (nSPS) is 33.7. The molecule has 0 aromatic heterocycles. The zero-order valence-corrected chi connectivity index (χ0v) is 11.0. The van der Waals surface area contributed by atoms with Crippen LogP contribution in [0, 0.1) is 22.7 Å². The van der Waals surface area contributed by atoms with Gasteiger partial charge in [0.25, 0.3) is 0 Å². The number of rotatable bonds is 2. The minimum atomic E-state index is -0.237. The molecule has 88 valence electrons. The Bertz CT molecular complexity index is 247. The second kappa shape index (κ2) is 3.93. The summed E-state index contributed by atoms with van der Waals surface area (Å²) in [6.07, 6.45) is 4.83. The Kier molecular flexibility index (Phi) is 3.35. The summed E-state index contributed by atoms with van der Waals surface area (Å²) in [5, 5.41) is 9.67. The molecule has 1 N–H and O–H groups in total. The van der Waals surface area contributed by atoms with Gasteiger partial charge in [0.1, 0.15) is 0 Å². The van der Waals surface area contributed by atoms with Gasteiger partial charge in [-0.2, -0.15) is 0 Å². The predicted octanol–water partition coefficient (Wildman–Crippen LogP) is 3.63. The van der Waals surface area contributed by atoms with Gasteiger partial charge in [0.2, 0.25) is 0 Å². The number of aliphatic hydroxyl groups excluding tert-OH is 1. The maximum Gasteiger partial charge on any atom is 0.0729 e. The third kappa shape index (κ3) is 2.63. The summed E-state index contributed by atoms with van der Waals surface area (Å²) in [6.45, 7) is 13.8. The molecule has 1 nitrogen and oxygen atoms in total. The maximum atomic E-state index is 9.67. The summed E-state index contributed by atoms with van der Waals surface area (Å²) in [5.74, 6) is 1.25. The van der Waals surface area contributed by atoms with E-state index in [1.165, 1.54) is 0 Å². The highest BCUT2D eigenvalue weighted by atomic mass is 16.3. The molecular weight excluding hydrogens is 184 g/mol. The lowest BCUT2D eigenvalue weighted by molar-refractivity contribution is 0.0443. The van der Waals surface area contributed by atoms with Crippen LogP contribution in [0.25, 0.3) is 0 Å². The molecule has 1 aliphatic rings. The zero-order valence-electron chi connectivity index (χ0n) is 11.0. The van der Waals surface area contributed by atoms with E-state index >= 15 is 0 Å². The first kappa shape index (κ1) is 12.8. The van der Waals surface area contributed by atoms with Crippen LogP contribution in [0.5, 0.6) is 0 Å². The molecule has 1 rings (SSSR count). The van der Waals surface area contributed by atoms with Gasteiger partial charge >= 0.3 is 0 Å². The van der Waals surface area contributed by atoms with Crippen molar-refractivity contribution in [3.63, 3.8) is 0 Å². The molecular formula is C14H26O. The average Bonchev–Trinajstić information content (AvgIpc) is 2.26. The number of allylic oxidation sites excluding steroid dienone is 1. The molecule has 15 heavy (non-hydrogen) atoms. The van der Waals surface area contributed by atoms with Crippen molar-refractivity contribution in [3.05, 3.63) is 12.2 Å². The number of hydrogen-bond donors (Lipinski definition) is 1. The molecule has 0 saturated heterocycles. The van der Waals surface area contributed by atoms with E-state index in [0.29, 0.717) is 11.8 Å². The van der Waals surface area contributed by atoms with Crippen molar-refractivity contribution in [1.29, 1.82) is 0 Å².